The van der Waals surface area contributed by atoms with E-state index in [1.807, 2.05) is 18.2 Å². The molecule has 3 rings (SSSR count). The van der Waals surface area contributed by atoms with Crippen LogP contribution in [0.25, 0.3) is 10.9 Å². The average Bonchev–Trinajstić information content (AvgIpc) is 2.77. The van der Waals surface area contributed by atoms with Gasteiger partial charge in [0.15, 0.2) is 9.84 Å². The molecule has 0 aliphatic carbocycles. The van der Waals surface area contributed by atoms with Gasteiger partial charge in [-0.2, -0.15) is 0 Å². The second-order valence-electron chi connectivity index (χ2n) is 5.11. The normalized spacial score (nSPS) is 21.1. The van der Waals surface area contributed by atoms with E-state index in [1.54, 1.807) is 12.3 Å². The number of benzene rings is 1. The smallest absolute Gasteiger partial charge is 0.154 e. The first-order valence-electron chi connectivity index (χ1n) is 6.66. The van der Waals surface area contributed by atoms with Gasteiger partial charge in [0, 0.05) is 23.8 Å². The van der Waals surface area contributed by atoms with Crippen molar-refractivity contribution in [3.63, 3.8) is 0 Å². The Morgan fingerprint density at radius 2 is 2.20 bits per heavy atom. The molecule has 1 saturated heterocycles. The highest BCUT2D eigenvalue weighted by molar-refractivity contribution is 7.92. The Bertz CT molecular complexity index is 743. The Morgan fingerprint density at radius 1 is 1.35 bits per heavy atom. The van der Waals surface area contributed by atoms with Crippen molar-refractivity contribution in [1.82, 2.24) is 4.98 Å². The quantitative estimate of drug-likeness (QED) is 0.842. The first kappa shape index (κ1) is 13.2. The summed E-state index contributed by atoms with van der Waals surface area (Å²) < 4.78 is 23.7. The van der Waals surface area contributed by atoms with Gasteiger partial charge in [-0.05, 0) is 37.1 Å². The first-order valence-corrected chi connectivity index (χ1v) is 8.38. The van der Waals surface area contributed by atoms with Crippen LogP contribution in [0.15, 0.2) is 30.5 Å². The molecule has 5 nitrogen and oxygen atoms in total. The lowest BCUT2D eigenvalue weighted by atomic mass is 10.1. The van der Waals surface area contributed by atoms with Gasteiger partial charge in [0.05, 0.1) is 22.2 Å². The largest absolute Gasteiger partial charge is 0.397 e. The van der Waals surface area contributed by atoms with Crippen molar-refractivity contribution in [2.24, 2.45) is 0 Å². The number of anilines is 2. The zero-order chi connectivity index (χ0) is 14.2. The van der Waals surface area contributed by atoms with Gasteiger partial charge in [0.1, 0.15) is 0 Å². The number of sulfone groups is 1. The van der Waals surface area contributed by atoms with Gasteiger partial charge in [-0.15, -0.1) is 0 Å². The van der Waals surface area contributed by atoms with Crippen LogP contribution in [0.5, 0.6) is 0 Å². The number of hydrogen-bond acceptors (Lipinski definition) is 5. The third-order valence-corrected chi connectivity index (χ3v) is 6.06. The standard InChI is InChI=1S/C14H17N3O2S/c15-12-5-6-13(11-4-1-7-16-14(11)12)17-9-10-3-2-8-20(10,18)19/h1,4-7,10,17H,2-3,8-9,15H2. The van der Waals surface area contributed by atoms with Crippen LogP contribution in [0.2, 0.25) is 0 Å². The van der Waals surface area contributed by atoms with Crippen LogP contribution in [0.4, 0.5) is 11.4 Å². The Hall–Kier alpha value is -1.82. The third kappa shape index (κ3) is 2.31. The number of pyridine rings is 1. The highest BCUT2D eigenvalue weighted by Crippen LogP contribution is 2.27. The molecule has 1 aromatic heterocycles. The fourth-order valence-corrected chi connectivity index (χ4v) is 4.43. The van der Waals surface area contributed by atoms with Crippen molar-refractivity contribution in [3.05, 3.63) is 30.5 Å². The monoisotopic (exact) mass is 291 g/mol. The van der Waals surface area contributed by atoms with Crippen molar-refractivity contribution in [1.29, 1.82) is 0 Å². The topological polar surface area (TPSA) is 85.1 Å². The van der Waals surface area contributed by atoms with E-state index in [0.29, 0.717) is 18.0 Å². The summed E-state index contributed by atoms with van der Waals surface area (Å²) in [6.45, 7) is 0.441. The van der Waals surface area contributed by atoms with Crippen molar-refractivity contribution in [3.8, 4) is 0 Å². The molecule has 6 heteroatoms. The molecule has 0 amide bonds. The highest BCUT2D eigenvalue weighted by Gasteiger charge is 2.30. The number of hydrogen-bond donors (Lipinski definition) is 2. The first-order chi connectivity index (χ1) is 9.58. The van der Waals surface area contributed by atoms with Crippen LogP contribution >= 0.6 is 0 Å². The van der Waals surface area contributed by atoms with E-state index in [1.165, 1.54) is 0 Å². The Balaban J connectivity index is 1.87. The summed E-state index contributed by atoms with van der Waals surface area (Å²) in [6, 6.07) is 7.45. The molecule has 0 spiro atoms. The lowest BCUT2D eigenvalue weighted by Crippen LogP contribution is -2.25. The third-order valence-electron chi connectivity index (χ3n) is 3.78. The van der Waals surface area contributed by atoms with Crippen molar-refractivity contribution < 1.29 is 8.42 Å². The molecule has 1 aliphatic rings. The van der Waals surface area contributed by atoms with E-state index < -0.39 is 9.84 Å². The number of rotatable bonds is 3. The minimum absolute atomic E-state index is 0.285. The van der Waals surface area contributed by atoms with Crippen LogP contribution in [-0.2, 0) is 9.84 Å². The zero-order valence-corrected chi connectivity index (χ0v) is 11.9. The molecule has 0 saturated carbocycles. The van der Waals surface area contributed by atoms with E-state index in [9.17, 15) is 8.42 Å². The fourth-order valence-electron chi connectivity index (χ4n) is 2.66. The minimum Gasteiger partial charge on any atom is -0.397 e. The summed E-state index contributed by atoms with van der Waals surface area (Å²) in [6.07, 6.45) is 3.20. The predicted molar refractivity (Wildman–Crippen MR) is 81.5 cm³/mol. The molecule has 0 radical (unpaired) electrons. The zero-order valence-electron chi connectivity index (χ0n) is 11.0. The van der Waals surface area contributed by atoms with Crippen LogP contribution in [0, 0.1) is 0 Å². The molecule has 1 aromatic carbocycles. The number of nitrogens with two attached hydrogens (primary N) is 1. The summed E-state index contributed by atoms with van der Waals surface area (Å²) in [5.74, 6) is 0.309. The summed E-state index contributed by atoms with van der Waals surface area (Å²) in [4.78, 5) is 4.27. The molecule has 0 bridgehead atoms. The molecule has 3 N–H and O–H groups in total. The Labute approximate surface area is 118 Å². The van der Waals surface area contributed by atoms with Crippen LogP contribution in [0.1, 0.15) is 12.8 Å². The Kier molecular flexibility index (Phi) is 3.25. The molecule has 106 valence electrons. The summed E-state index contributed by atoms with van der Waals surface area (Å²) in [5.41, 5.74) is 8.15. The van der Waals surface area contributed by atoms with Crippen LogP contribution in [0.3, 0.4) is 0 Å². The number of nitrogen functional groups attached to an aromatic ring is 1. The van der Waals surface area contributed by atoms with Gasteiger partial charge in [-0.3, -0.25) is 4.98 Å². The summed E-state index contributed by atoms with van der Waals surface area (Å²) in [7, 11) is -2.92. The second kappa shape index (κ2) is 4.94. The maximum atomic E-state index is 11.8. The number of nitrogens with zero attached hydrogens (tertiary/aromatic N) is 1. The summed E-state index contributed by atoms with van der Waals surface area (Å²) >= 11 is 0. The predicted octanol–water partition coefficient (Wildman–Crippen LogP) is 1.81. The lowest BCUT2D eigenvalue weighted by molar-refractivity contribution is 0.591. The molecule has 1 unspecified atom stereocenters. The van der Waals surface area contributed by atoms with Gasteiger partial charge < -0.3 is 11.1 Å². The van der Waals surface area contributed by atoms with E-state index in [4.69, 9.17) is 5.73 Å². The van der Waals surface area contributed by atoms with Crippen molar-refractivity contribution in [2.45, 2.75) is 18.1 Å². The van der Waals surface area contributed by atoms with Crippen LogP contribution in [-0.4, -0.2) is 30.9 Å². The highest BCUT2D eigenvalue weighted by atomic mass is 32.2. The Morgan fingerprint density at radius 3 is 2.95 bits per heavy atom. The van der Waals surface area contributed by atoms with Gasteiger partial charge >= 0.3 is 0 Å². The molecule has 20 heavy (non-hydrogen) atoms. The fraction of sp³-hybridized carbons (Fsp3) is 0.357. The second-order valence-corrected chi connectivity index (χ2v) is 7.51. The lowest BCUT2D eigenvalue weighted by Gasteiger charge is -2.14. The van der Waals surface area contributed by atoms with Crippen molar-refractivity contribution in [2.75, 3.05) is 23.3 Å². The number of fused-ring (bicyclic) bond motifs is 1. The minimum atomic E-state index is -2.92. The van der Waals surface area contributed by atoms with Gasteiger partial charge in [-0.25, -0.2) is 8.42 Å². The maximum Gasteiger partial charge on any atom is 0.154 e. The molecule has 2 heterocycles. The molecule has 1 atom stereocenters. The van der Waals surface area contributed by atoms with Gasteiger partial charge in [0.25, 0.3) is 0 Å². The average molecular weight is 291 g/mol. The van der Waals surface area contributed by atoms with Crippen molar-refractivity contribution >= 4 is 32.1 Å². The number of nitrogens with one attached hydrogen (secondary N) is 1. The summed E-state index contributed by atoms with van der Waals surface area (Å²) in [5, 5.41) is 3.87. The van der Waals surface area contributed by atoms with E-state index in [2.05, 4.69) is 10.3 Å². The maximum absolute atomic E-state index is 11.8. The van der Waals surface area contributed by atoms with Crippen LogP contribution < -0.4 is 11.1 Å². The molecular formula is C14H17N3O2S. The van der Waals surface area contributed by atoms with E-state index in [-0.39, 0.29) is 5.25 Å². The van der Waals surface area contributed by atoms with E-state index >= 15 is 0 Å². The SMILES string of the molecule is Nc1ccc(NCC2CCCS2(=O)=O)c2cccnc12. The van der Waals surface area contributed by atoms with Gasteiger partial charge in [-0.1, -0.05) is 0 Å². The molecule has 2 aromatic rings. The van der Waals surface area contributed by atoms with E-state index in [0.717, 1.165) is 29.4 Å². The van der Waals surface area contributed by atoms with Gasteiger partial charge in [0.2, 0.25) is 0 Å². The molecular weight excluding hydrogens is 274 g/mol. The molecule has 1 aliphatic heterocycles. The molecule has 1 fully saturated rings. The number of aromatic nitrogens is 1.